The highest BCUT2D eigenvalue weighted by Crippen LogP contribution is 2.62. The van der Waals surface area contributed by atoms with Crippen molar-refractivity contribution in [2.75, 3.05) is 34.0 Å². The van der Waals surface area contributed by atoms with Gasteiger partial charge in [-0.05, 0) is 94.2 Å². The van der Waals surface area contributed by atoms with Gasteiger partial charge >= 0.3 is 6.09 Å². The number of oxime groups is 1. The highest BCUT2D eigenvalue weighted by Gasteiger charge is 2.65. The van der Waals surface area contributed by atoms with Gasteiger partial charge < -0.3 is 38.9 Å². The van der Waals surface area contributed by atoms with E-state index in [2.05, 4.69) is 12.7 Å². The van der Waals surface area contributed by atoms with E-state index < -0.39 is 29.4 Å². The zero-order valence-electron chi connectivity index (χ0n) is 31.1. The second kappa shape index (κ2) is 17.1. The van der Waals surface area contributed by atoms with Crippen LogP contribution in [0, 0.1) is 17.8 Å². The Hall–Kier alpha value is -4.19. The molecule has 2 N–H and O–H groups in total. The summed E-state index contributed by atoms with van der Waals surface area (Å²) in [7, 11) is 3.03. The minimum absolute atomic E-state index is 0.0638. The number of fused-ring (bicyclic) bond motifs is 2. The molecule has 11 heteroatoms. The van der Waals surface area contributed by atoms with Crippen LogP contribution in [0.25, 0.3) is 0 Å². The summed E-state index contributed by atoms with van der Waals surface area (Å²) in [5, 5.41) is 24.4. The van der Waals surface area contributed by atoms with Gasteiger partial charge in [-0.1, -0.05) is 42.3 Å². The fraction of sp³-hybridized carbons (Fsp3) is 0.537. The van der Waals surface area contributed by atoms with Crippen molar-refractivity contribution in [3.8, 4) is 17.2 Å². The summed E-state index contributed by atoms with van der Waals surface area (Å²) < 4.78 is 25.5. The van der Waals surface area contributed by atoms with Crippen molar-refractivity contribution in [1.82, 2.24) is 4.90 Å². The summed E-state index contributed by atoms with van der Waals surface area (Å²) in [6.07, 6.45) is 9.10. The maximum atomic E-state index is 13.3. The third-order valence-electron chi connectivity index (χ3n) is 10.2. The fourth-order valence-electron chi connectivity index (χ4n) is 8.04. The van der Waals surface area contributed by atoms with E-state index in [1.165, 1.54) is 12.0 Å². The number of likely N-dealkylation sites (N-methyl/N-ethyl adjacent to an activating group) is 1. The molecule has 1 aliphatic heterocycles. The maximum Gasteiger partial charge on any atom is 0.409 e. The topological polar surface area (TPSA) is 136 Å². The molecule has 0 radical (unpaired) electrons. The summed E-state index contributed by atoms with van der Waals surface area (Å²) in [5.74, 6) is -0.149. The molecule has 1 amide bonds. The molecule has 5 rings (SSSR count). The zero-order chi connectivity index (χ0) is 37.5. The minimum atomic E-state index is -1.37. The molecule has 2 aromatic carbocycles. The average molecular weight is 719 g/mol. The number of aldehydes is 1. The Bertz CT molecular complexity index is 1630. The summed E-state index contributed by atoms with van der Waals surface area (Å²) >= 11 is 0. The molecule has 0 saturated heterocycles. The number of rotatable bonds is 16. The van der Waals surface area contributed by atoms with Crippen molar-refractivity contribution >= 4 is 18.1 Å². The van der Waals surface area contributed by atoms with Crippen LogP contribution in [0.5, 0.6) is 17.2 Å². The van der Waals surface area contributed by atoms with Crippen LogP contribution in [-0.2, 0) is 14.3 Å². The van der Waals surface area contributed by atoms with Gasteiger partial charge in [-0.3, -0.25) is 4.79 Å². The normalized spacial score (nSPS) is 25.6. The molecule has 1 saturated carbocycles. The average Bonchev–Trinajstić information content (AvgIpc) is 3.13. The lowest BCUT2D eigenvalue weighted by Gasteiger charge is -2.59. The van der Waals surface area contributed by atoms with Crippen molar-refractivity contribution in [2.45, 2.75) is 89.1 Å². The van der Waals surface area contributed by atoms with Gasteiger partial charge in [-0.25, -0.2) is 4.79 Å². The van der Waals surface area contributed by atoms with Crippen molar-refractivity contribution in [3.05, 3.63) is 77.9 Å². The van der Waals surface area contributed by atoms with E-state index in [1.807, 2.05) is 39.0 Å². The van der Waals surface area contributed by atoms with E-state index in [-0.39, 0.29) is 44.0 Å². The van der Waals surface area contributed by atoms with Crippen molar-refractivity contribution in [1.29, 1.82) is 0 Å². The lowest BCUT2D eigenvalue weighted by molar-refractivity contribution is -0.253. The third kappa shape index (κ3) is 8.37. The molecule has 0 bridgehead atoms. The van der Waals surface area contributed by atoms with Gasteiger partial charge in [0.25, 0.3) is 0 Å². The summed E-state index contributed by atoms with van der Waals surface area (Å²) in [6.45, 7) is 10.1. The van der Waals surface area contributed by atoms with Gasteiger partial charge in [0.05, 0.1) is 25.3 Å². The van der Waals surface area contributed by atoms with Crippen LogP contribution in [0.2, 0.25) is 0 Å². The molecule has 6 unspecified atom stereocenters. The molecule has 52 heavy (non-hydrogen) atoms. The number of allylic oxidation sites excluding steroid dienone is 1. The van der Waals surface area contributed by atoms with E-state index in [0.29, 0.717) is 41.4 Å². The molecule has 1 fully saturated rings. The van der Waals surface area contributed by atoms with Crippen molar-refractivity contribution in [3.63, 3.8) is 0 Å². The molecule has 3 aliphatic rings. The first-order valence-electron chi connectivity index (χ1n) is 18.3. The van der Waals surface area contributed by atoms with E-state index >= 15 is 0 Å². The molecular weight excluding hydrogens is 664 g/mol. The van der Waals surface area contributed by atoms with E-state index in [1.54, 1.807) is 37.4 Å². The monoisotopic (exact) mass is 718 g/mol. The number of aliphatic hydroxyl groups excluding tert-OH is 2. The second-order valence-electron chi connectivity index (χ2n) is 14.8. The molecular formula is C41H54N2O9. The van der Waals surface area contributed by atoms with Gasteiger partial charge in [0, 0.05) is 43.7 Å². The molecule has 2 aromatic rings. The number of benzene rings is 2. The quantitative estimate of drug-likeness (QED) is 0.0787. The minimum Gasteiger partial charge on any atom is -0.459 e. The summed E-state index contributed by atoms with van der Waals surface area (Å²) in [6, 6.07) is 12.0. The third-order valence-corrected chi connectivity index (χ3v) is 10.2. The van der Waals surface area contributed by atoms with E-state index in [9.17, 15) is 19.8 Å². The first-order valence-corrected chi connectivity index (χ1v) is 18.3. The fourth-order valence-corrected chi connectivity index (χ4v) is 8.04. The number of nitrogens with zero attached hydrogens (tertiary/aromatic N) is 2. The zero-order valence-corrected chi connectivity index (χ0v) is 31.1. The Balaban J connectivity index is 1.77. The van der Waals surface area contributed by atoms with Crippen LogP contribution in [0.4, 0.5) is 4.79 Å². The largest absolute Gasteiger partial charge is 0.459 e. The summed E-state index contributed by atoms with van der Waals surface area (Å²) in [4.78, 5) is 32.5. The van der Waals surface area contributed by atoms with Crippen LogP contribution in [-0.4, -0.2) is 84.6 Å². The predicted molar refractivity (Wildman–Crippen MR) is 198 cm³/mol. The molecule has 0 aromatic heterocycles. The molecule has 2 aliphatic carbocycles. The second-order valence-corrected chi connectivity index (χ2v) is 14.8. The van der Waals surface area contributed by atoms with Gasteiger partial charge in [0.15, 0.2) is 0 Å². The lowest BCUT2D eigenvalue weighted by Crippen LogP contribution is -2.69. The Labute approximate surface area is 307 Å². The van der Waals surface area contributed by atoms with Crippen LogP contribution in [0.3, 0.4) is 0 Å². The van der Waals surface area contributed by atoms with Crippen molar-refractivity contribution in [2.24, 2.45) is 22.9 Å². The molecule has 11 nitrogen and oxygen atoms in total. The van der Waals surface area contributed by atoms with Gasteiger partial charge in [0.1, 0.15) is 35.2 Å². The molecule has 1 heterocycles. The highest BCUT2D eigenvalue weighted by molar-refractivity contribution is 6.03. The number of unbranched alkanes of at least 4 members (excludes halogenated alkanes) is 2. The Kier molecular flexibility index (Phi) is 12.8. The first kappa shape index (κ1) is 39.0. The number of ether oxygens (including phenoxy) is 4. The number of carbonyl (C=O) groups is 2. The molecule has 0 spiro atoms. The van der Waals surface area contributed by atoms with Crippen LogP contribution in [0.15, 0.2) is 71.9 Å². The predicted octanol–water partition coefficient (Wildman–Crippen LogP) is 7.42. The number of aliphatic hydroxyl groups is 2. The SMILES string of the molecule is C=CCOC12Oc3ccc(Oc4cccc(C=O)c4)cc3C3C(CCCCO)C(CCCCO)C=C(C(=NOC(C)(C)C)CC1N(C)C(=O)OC)C32. The molecule has 282 valence electrons. The van der Waals surface area contributed by atoms with Gasteiger partial charge in [0.2, 0.25) is 5.79 Å². The molecule has 6 atom stereocenters. The number of carbonyl (C=O) groups excluding carboxylic acids is 2. The highest BCUT2D eigenvalue weighted by atomic mass is 16.7. The number of amides is 1. The van der Waals surface area contributed by atoms with Gasteiger partial charge in [-0.15, -0.1) is 6.58 Å². The van der Waals surface area contributed by atoms with Crippen LogP contribution >= 0.6 is 0 Å². The number of hydrogen-bond acceptors (Lipinski definition) is 10. The smallest absolute Gasteiger partial charge is 0.409 e. The Morgan fingerprint density at radius 3 is 2.48 bits per heavy atom. The Morgan fingerprint density at radius 1 is 1.08 bits per heavy atom. The first-order chi connectivity index (χ1) is 25.0. The van der Waals surface area contributed by atoms with E-state index in [4.69, 9.17) is 28.9 Å². The summed E-state index contributed by atoms with van der Waals surface area (Å²) in [5.41, 5.74) is 2.50. The van der Waals surface area contributed by atoms with Crippen molar-refractivity contribution < 1.29 is 43.6 Å². The van der Waals surface area contributed by atoms with Crippen LogP contribution in [0.1, 0.15) is 87.6 Å². The van der Waals surface area contributed by atoms with Crippen LogP contribution < -0.4 is 9.47 Å². The standard InChI is InChI=1S/C41H54N2O9/c1-7-21-49-41-36(43(5)39(47)48-6)25-34(42-52-40(2,3)4)32-23-28(14-8-10-19-44)31(16-9-11-20-45)37(38(32)41)33-24-30(17-18-35(33)51-41)50-29-15-12-13-27(22-29)26-46/h7,12-13,15,17-18,22-24,26,28,31,36-38,44-45H,1,8-11,14,16,19-21,25H2,2-6H3. The lowest BCUT2D eigenvalue weighted by atomic mass is 9.55. The number of hydrogen-bond donors (Lipinski definition) is 2. The van der Waals surface area contributed by atoms with E-state index in [0.717, 1.165) is 43.1 Å². The maximum absolute atomic E-state index is 13.3. The van der Waals surface area contributed by atoms with Gasteiger partial charge in [-0.2, -0.15) is 0 Å². The number of methoxy groups -OCH3 is 1. The Morgan fingerprint density at radius 2 is 1.81 bits per heavy atom.